The van der Waals surface area contributed by atoms with Crippen molar-refractivity contribution in [1.29, 1.82) is 0 Å². The van der Waals surface area contributed by atoms with Crippen LogP contribution in [0, 0.1) is 6.92 Å². The van der Waals surface area contributed by atoms with Crippen molar-refractivity contribution in [2.45, 2.75) is 32.0 Å². The molecule has 1 atom stereocenters. The number of nitrogens with zero attached hydrogens (tertiary/aromatic N) is 5. The summed E-state index contributed by atoms with van der Waals surface area (Å²) >= 11 is 0. The van der Waals surface area contributed by atoms with E-state index in [9.17, 15) is 23.1 Å². The predicted molar refractivity (Wildman–Crippen MR) is 112 cm³/mol. The SMILES string of the molecule is Cc1nc2c(-c3ccccc3)c(C(F)(F)F)[nH]n2c(=O)c1-c1nnc(N2CCCC(O)C2)o1. The fourth-order valence-electron chi connectivity index (χ4n) is 4.08. The number of benzene rings is 1. The van der Waals surface area contributed by atoms with E-state index in [1.165, 1.54) is 19.1 Å². The van der Waals surface area contributed by atoms with Crippen LogP contribution in [0.25, 0.3) is 28.2 Å². The summed E-state index contributed by atoms with van der Waals surface area (Å²) in [6.45, 7) is 2.41. The van der Waals surface area contributed by atoms with Crippen LogP contribution in [0.4, 0.5) is 19.2 Å². The molecule has 0 saturated carbocycles. The summed E-state index contributed by atoms with van der Waals surface area (Å²) in [5.74, 6) is -0.154. The number of nitrogens with one attached hydrogen (secondary N) is 1. The van der Waals surface area contributed by atoms with Gasteiger partial charge >= 0.3 is 12.2 Å². The number of anilines is 1. The van der Waals surface area contributed by atoms with Crippen LogP contribution in [0.5, 0.6) is 0 Å². The van der Waals surface area contributed by atoms with Gasteiger partial charge in [0.05, 0.1) is 17.4 Å². The van der Waals surface area contributed by atoms with Crippen LogP contribution in [0.15, 0.2) is 39.5 Å². The Bertz CT molecular complexity index is 1380. The second-order valence-electron chi connectivity index (χ2n) is 7.89. The molecule has 1 aromatic carbocycles. The predicted octanol–water partition coefficient (Wildman–Crippen LogP) is 3.03. The number of aliphatic hydroxyl groups is 1. The number of aryl methyl sites for hydroxylation is 1. The minimum absolute atomic E-state index is 0.0987. The van der Waals surface area contributed by atoms with E-state index in [0.717, 1.165) is 10.9 Å². The van der Waals surface area contributed by atoms with Crippen LogP contribution < -0.4 is 10.5 Å². The average molecular weight is 460 g/mol. The zero-order valence-corrected chi connectivity index (χ0v) is 17.4. The van der Waals surface area contributed by atoms with E-state index in [0.29, 0.717) is 19.5 Å². The summed E-state index contributed by atoms with van der Waals surface area (Å²) in [6.07, 6.45) is -3.88. The third kappa shape index (κ3) is 3.65. The molecular formula is C21H19F3N6O3. The van der Waals surface area contributed by atoms with Crippen molar-refractivity contribution in [3.05, 3.63) is 52.1 Å². The fourth-order valence-corrected chi connectivity index (χ4v) is 4.08. The average Bonchev–Trinajstić information content (AvgIpc) is 3.40. The van der Waals surface area contributed by atoms with Crippen molar-refractivity contribution < 1.29 is 22.7 Å². The maximum atomic E-state index is 13.8. The molecule has 0 radical (unpaired) electrons. The standard InChI is InChI=1S/C21H19F3N6O3/c1-11-14(18-26-27-20(33-18)29-9-5-8-13(31)10-29)19(32)30-17(25-11)15(12-6-3-2-4-7-12)16(28-30)21(22,23)24/h2-4,6-7,13,28,31H,5,8-10H2,1H3. The first-order valence-corrected chi connectivity index (χ1v) is 10.3. The van der Waals surface area contributed by atoms with Crippen LogP contribution in [-0.2, 0) is 6.18 Å². The normalized spacial score (nSPS) is 17.1. The molecule has 9 nitrogen and oxygen atoms in total. The van der Waals surface area contributed by atoms with Crippen molar-refractivity contribution in [2.24, 2.45) is 0 Å². The van der Waals surface area contributed by atoms with Gasteiger partial charge in [-0.3, -0.25) is 9.89 Å². The molecule has 33 heavy (non-hydrogen) atoms. The van der Waals surface area contributed by atoms with Gasteiger partial charge in [0, 0.05) is 13.1 Å². The van der Waals surface area contributed by atoms with Crippen LogP contribution >= 0.6 is 0 Å². The highest BCUT2D eigenvalue weighted by atomic mass is 19.4. The quantitative estimate of drug-likeness (QED) is 0.483. The molecule has 1 fully saturated rings. The van der Waals surface area contributed by atoms with Crippen LogP contribution in [0.2, 0.25) is 0 Å². The molecule has 172 valence electrons. The third-order valence-electron chi connectivity index (χ3n) is 5.60. The zero-order valence-electron chi connectivity index (χ0n) is 17.4. The van der Waals surface area contributed by atoms with Crippen molar-refractivity contribution in [2.75, 3.05) is 18.0 Å². The number of aromatic amines is 1. The second kappa shape index (κ2) is 7.73. The highest BCUT2D eigenvalue weighted by Crippen LogP contribution is 2.38. The van der Waals surface area contributed by atoms with Gasteiger partial charge in [-0.05, 0) is 25.3 Å². The Kier molecular flexibility index (Phi) is 4.96. The number of aliphatic hydroxyl groups excluding tert-OH is 1. The van der Waals surface area contributed by atoms with E-state index in [4.69, 9.17) is 4.42 Å². The zero-order chi connectivity index (χ0) is 23.3. The Morgan fingerprint density at radius 1 is 1.18 bits per heavy atom. The summed E-state index contributed by atoms with van der Waals surface area (Å²) < 4.78 is 47.9. The van der Waals surface area contributed by atoms with Gasteiger partial charge in [0.25, 0.3) is 11.4 Å². The van der Waals surface area contributed by atoms with Gasteiger partial charge in [-0.15, -0.1) is 5.10 Å². The molecule has 3 aromatic heterocycles. The molecule has 2 N–H and O–H groups in total. The maximum Gasteiger partial charge on any atom is 0.433 e. The topological polar surface area (TPSA) is 113 Å². The van der Waals surface area contributed by atoms with Crippen LogP contribution in [-0.4, -0.2) is 49.1 Å². The number of fused-ring (bicyclic) bond motifs is 1. The molecule has 1 saturated heterocycles. The minimum atomic E-state index is -4.74. The Labute approximate surface area is 184 Å². The Hall–Kier alpha value is -3.67. The molecule has 0 aliphatic carbocycles. The van der Waals surface area contributed by atoms with E-state index in [1.54, 1.807) is 23.1 Å². The smallest absolute Gasteiger partial charge is 0.403 e. The number of piperidine rings is 1. The maximum absolute atomic E-state index is 13.8. The van der Waals surface area contributed by atoms with Gasteiger partial charge in [-0.1, -0.05) is 35.4 Å². The molecule has 12 heteroatoms. The molecule has 0 amide bonds. The lowest BCUT2D eigenvalue weighted by atomic mass is 10.1. The van der Waals surface area contributed by atoms with E-state index in [-0.39, 0.29) is 39.9 Å². The minimum Gasteiger partial charge on any atom is -0.403 e. The molecule has 1 unspecified atom stereocenters. The second-order valence-corrected chi connectivity index (χ2v) is 7.89. The van der Waals surface area contributed by atoms with Gasteiger partial charge in [0.1, 0.15) is 11.3 Å². The summed E-state index contributed by atoms with van der Waals surface area (Å²) in [5, 5.41) is 19.9. The molecule has 5 rings (SSSR count). The van der Waals surface area contributed by atoms with Gasteiger partial charge in [0.2, 0.25) is 0 Å². The van der Waals surface area contributed by atoms with Crippen molar-refractivity contribution in [1.82, 2.24) is 24.8 Å². The van der Waals surface area contributed by atoms with Crippen molar-refractivity contribution in [3.8, 4) is 22.6 Å². The number of rotatable bonds is 3. The van der Waals surface area contributed by atoms with Gasteiger partial charge in [0.15, 0.2) is 5.65 Å². The molecule has 4 aromatic rings. The lowest BCUT2D eigenvalue weighted by molar-refractivity contribution is -0.140. The summed E-state index contributed by atoms with van der Waals surface area (Å²) in [7, 11) is 0. The molecule has 4 heterocycles. The summed E-state index contributed by atoms with van der Waals surface area (Å²) in [5.41, 5.74) is -1.92. The van der Waals surface area contributed by atoms with E-state index in [2.05, 4.69) is 20.3 Å². The number of alkyl halides is 3. The largest absolute Gasteiger partial charge is 0.433 e. The highest BCUT2D eigenvalue weighted by molar-refractivity contribution is 5.81. The monoisotopic (exact) mass is 460 g/mol. The van der Waals surface area contributed by atoms with E-state index in [1.807, 2.05) is 0 Å². The molecule has 1 aliphatic rings. The van der Waals surface area contributed by atoms with E-state index < -0.39 is 23.5 Å². The van der Waals surface area contributed by atoms with Gasteiger partial charge in [-0.25, -0.2) is 4.98 Å². The number of hydrogen-bond donors (Lipinski definition) is 2. The number of β-amino-alcohol motifs (C(OH)–C–C–N with tert-alkyl or cyclic N) is 1. The first-order valence-electron chi connectivity index (χ1n) is 10.3. The van der Waals surface area contributed by atoms with Crippen LogP contribution in [0.1, 0.15) is 24.2 Å². The number of H-pyrrole nitrogens is 1. The molecule has 0 bridgehead atoms. The van der Waals surface area contributed by atoms with E-state index >= 15 is 0 Å². The first-order chi connectivity index (χ1) is 15.7. The molecule has 0 spiro atoms. The summed E-state index contributed by atoms with van der Waals surface area (Å²) in [4.78, 5) is 19.3. The van der Waals surface area contributed by atoms with Crippen molar-refractivity contribution in [3.63, 3.8) is 0 Å². The first kappa shape index (κ1) is 21.2. The highest BCUT2D eigenvalue weighted by Gasteiger charge is 2.38. The number of aromatic nitrogens is 5. The molecule has 1 aliphatic heterocycles. The van der Waals surface area contributed by atoms with Gasteiger partial charge in [-0.2, -0.15) is 17.7 Å². The third-order valence-corrected chi connectivity index (χ3v) is 5.60. The van der Waals surface area contributed by atoms with Gasteiger partial charge < -0.3 is 14.4 Å². The Morgan fingerprint density at radius 2 is 1.94 bits per heavy atom. The van der Waals surface area contributed by atoms with Crippen LogP contribution in [0.3, 0.4) is 0 Å². The van der Waals surface area contributed by atoms with Crippen molar-refractivity contribution >= 4 is 11.7 Å². The summed E-state index contributed by atoms with van der Waals surface area (Å²) in [6, 6.07) is 8.06. The Morgan fingerprint density at radius 3 is 2.64 bits per heavy atom. The lowest BCUT2D eigenvalue weighted by Gasteiger charge is -2.28. The lowest BCUT2D eigenvalue weighted by Crippen LogP contribution is -2.38. The number of halogens is 3. The fraction of sp³-hybridized carbons (Fsp3) is 0.333. The Balaban J connectivity index is 1.67. The number of hydrogen-bond acceptors (Lipinski definition) is 7. The molecular weight excluding hydrogens is 441 g/mol.